The van der Waals surface area contributed by atoms with Gasteiger partial charge in [0.25, 0.3) is 0 Å². The molecule has 2 heterocycles. The predicted octanol–water partition coefficient (Wildman–Crippen LogP) is 3.49. The molecule has 3 amide bonds. The summed E-state index contributed by atoms with van der Waals surface area (Å²) in [4.78, 5) is 28.2. The Balaban J connectivity index is 0.00000320. The number of pyridine rings is 1. The number of carbonyl (C=O) groups excluding carboxylic acids is 2. The van der Waals surface area contributed by atoms with E-state index in [2.05, 4.69) is 20.9 Å². The van der Waals surface area contributed by atoms with Crippen LogP contribution in [0.3, 0.4) is 0 Å². The SMILES string of the molecule is CNC(=O)NCC(=O)NC(Oc1cccn2cc(C)nc12)c1c(Cl)cccc1Cl.Cl. The zero-order valence-corrected chi connectivity index (χ0v) is 18.4. The first-order valence-electron chi connectivity index (χ1n) is 8.69. The highest BCUT2D eigenvalue weighted by Gasteiger charge is 2.23. The van der Waals surface area contributed by atoms with E-state index in [4.69, 9.17) is 27.9 Å². The number of carbonyl (C=O) groups is 2. The Labute approximate surface area is 189 Å². The predicted molar refractivity (Wildman–Crippen MR) is 118 cm³/mol. The Hall–Kier alpha value is -2.68. The lowest BCUT2D eigenvalue weighted by atomic mass is 10.2. The highest BCUT2D eigenvalue weighted by Crippen LogP contribution is 2.33. The smallest absolute Gasteiger partial charge is 0.314 e. The fraction of sp³-hybridized carbons (Fsp3) is 0.211. The van der Waals surface area contributed by atoms with E-state index in [1.54, 1.807) is 30.3 Å². The van der Waals surface area contributed by atoms with Crippen LogP contribution >= 0.6 is 35.6 Å². The van der Waals surface area contributed by atoms with E-state index < -0.39 is 18.2 Å². The van der Waals surface area contributed by atoms with Crippen molar-refractivity contribution < 1.29 is 14.3 Å². The number of amides is 3. The molecule has 1 aromatic carbocycles. The third-order valence-corrected chi connectivity index (χ3v) is 4.66. The van der Waals surface area contributed by atoms with Gasteiger partial charge in [0.05, 0.1) is 27.8 Å². The summed E-state index contributed by atoms with van der Waals surface area (Å²) in [6, 6.07) is 8.03. The number of benzene rings is 1. The van der Waals surface area contributed by atoms with Crippen LogP contribution in [0.5, 0.6) is 5.75 Å². The summed E-state index contributed by atoms with van der Waals surface area (Å²) in [7, 11) is 1.45. The van der Waals surface area contributed by atoms with Crippen LogP contribution in [0.1, 0.15) is 17.5 Å². The quantitative estimate of drug-likeness (QED) is 0.478. The monoisotopic (exact) mass is 471 g/mol. The summed E-state index contributed by atoms with van der Waals surface area (Å²) >= 11 is 12.7. The van der Waals surface area contributed by atoms with Gasteiger partial charge in [0.1, 0.15) is 0 Å². The minimum Gasteiger partial charge on any atom is -0.462 e. The van der Waals surface area contributed by atoms with Crippen molar-refractivity contribution in [1.82, 2.24) is 25.3 Å². The zero-order valence-electron chi connectivity index (χ0n) is 16.1. The molecule has 0 aliphatic carbocycles. The molecule has 1 unspecified atom stereocenters. The van der Waals surface area contributed by atoms with Crippen molar-refractivity contribution in [3.05, 3.63) is 64.0 Å². The molecule has 2 aromatic heterocycles. The van der Waals surface area contributed by atoms with Crippen LogP contribution in [-0.2, 0) is 4.79 Å². The molecule has 0 aliphatic heterocycles. The molecule has 0 saturated heterocycles. The maximum Gasteiger partial charge on any atom is 0.314 e. The van der Waals surface area contributed by atoms with E-state index in [1.807, 2.05) is 23.7 Å². The van der Waals surface area contributed by atoms with E-state index in [1.165, 1.54) is 7.05 Å². The van der Waals surface area contributed by atoms with Crippen molar-refractivity contribution in [2.75, 3.05) is 13.6 Å². The fourth-order valence-corrected chi connectivity index (χ4v) is 3.29. The lowest BCUT2D eigenvalue weighted by Crippen LogP contribution is -2.43. The summed E-state index contributed by atoms with van der Waals surface area (Å²) < 4.78 is 7.89. The number of ether oxygens (including phenoxy) is 1. The van der Waals surface area contributed by atoms with E-state index in [9.17, 15) is 9.59 Å². The molecule has 3 rings (SSSR count). The van der Waals surface area contributed by atoms with E-state index >= 15 is 0 Å². The Kier molecular flexibility index (Phi) is 8.16. The van der Waals surface area contributed by atoms with Crippen LogP contribution in [0.25, 0.3) is 5.65 Å². The van der Waals surface area contributed by atoms with Gasteiger partial charge < -0.3 is 25.1 Å². The molecule has 0 saturated carbocycles. The highest BCUT2D eigenvalue weighted by molar-refractivity contribution is 6.36. The minimum absolute atomic E-state index is 0. The summed E-state index contributed by atoms with van der Waals surface area (Å²) in [5, 5.41) is 8.15. The Morgan fingerprint density at radius 1 is 1.20 bits per heavy atom. The van der Waals surface area contributed by atoms with E-state index in [-0.39, 0.29) is 19.0 Å². The van der Waals surface area contributed by atoms with Gasteiger partial charge in [0, 0.05) is 19.4 Å². The topological polar surface area (TPSA) is 96.8 Å². The molecular weight excluding hydrogens is 453 g/mol. The molecule has 11 heteroatoms. The Bertz CT molecular complexity index is 1040. The number of imidazole rings is 1. The summed E-state index contributed by atoms with van der Waals surface area (Å²) in [5.74, 6) is -0.0535. The van der Waals surface area contributed by atoms with Crippen molar-refractivity contribution in [1.29, 1.82) is 0 Å². The maximum absolute atomic E-state index is 12.4. The zero-order chi connectivity index (χ0) is 21.0. The molecule has 0 spiro atoms. The molecule has 0 aliphatic rings. The first-order valence-corrected chi connectivity index (χ1v) is 9.44. The Morgan fingerprint density at radius 3 is 2.57 bits per heavy atom. The number of hydrogen-bond donors (Lipinski definition) is 3. The molecule has 1 atom stereocenters. The molecule has 160 valence electrons. The average Bonchev–Trinajstić information content (AvgIpc) is 3.07. The number of nitrogens with one attached hydrogen (secondary N) is 3. The van der Waals surface area contributed by atoms with Crippen LogP contribution in [0.15, 0.2) is 42.7 Å². The van der Waals surface area contributed by atoms with Gasteiger partial charge in [-0.25, -0.2) is 9.78 Å². The molecular formula is C19H20Cl3N5O3. The van der Waals surface area contributed by atoms with Gasteiger partial charge in [-0.1, -0.05) is 29.3 Å². The van der Waals surface area contributed by atoms with Gasteiger partial charge in [-0.15, -0.1) is 12.4 Å². The first-order chi connectivity index (χ1) is 13.9. The highest BCUT2D eigenvalue weighted by atomic mass is 35.5. The first kappa shape index (κ1) is 23.6. The molecule has 0 fully saturated rings. The second kappa shape index (κ2) is 10.4. The molecule has 8 nitrogen and oxygen atoms in total. The largest absolute Gasteiger partial charge is 0.462 e. The summed E-state index contributed by atoms with van der Waals surface area (Å²) in [5.41, 5.74) is 1.79. The van der Waals surface area contributed by atoms with Crippen molar-refractivity contribution in [3.63, 3.8) is 0 Å². The lowest BCUT2D eigenvalue weighted by molar-refractivity contribution is -0.122. The van der Waals surface area contributed by atoms with Crippen molar-refractivity contribution in [2.45, 2.75) is 13.2 Å². The molecule has 0 radical (unpaired) electrons. The van der Waals surface area contributed by atoms with Crippen molar-refractivity contribution in [3.8, 4) is 5.75 Å². The lowest BCUT2D eigenvalue weighted by Gasteiger charge is -2.23. The van der Waals surface area contributed by atoms with Gasteiger partial charge in [-0.05, 0) is 31.2 Å². The average molecular weight is 473 g/mol. The Morgan fingerprint density at radius 2 is 1.90 bits per heavy atom. The fourth-order valence-electron chi connectivity index (χ4n) is 2.70. The number of urea groups is 1. The number of nitrogens with zero attached hydrogens (tertiary/aromatic N) is 2. The van der Waals surface area contributed by atoms with Gasteiger partial charge in [0.15, 0.2) is 11.4 Å². The van der Waals surface area contributed by atoms with Crippen LogP contribution in [-0.4, -0.2) is 34.9 Å². The van der Waals surface area contributed by atoms with Crippen LogP contribution in [0, 0.1) is 6.92 Å². The second-order valence-corrected chi connectivity index (χ2v) is 6.93. The number of hydrogen-bond acceptors (Lipinski definition) is 4. The second-order valence-electron chi connectivity index (χ2n) is 6.12. The molecule has 3 aromatic rings. The summed E-state index contributed by atoms with van der Waals surface area (Å²) in [6.45, 7) is 1.61. The van der Waals surface area contributed by atoms with Crippen molar-refractivity contribution >= 4 is 53.2 Å². The van der Waals surface area contributed by atoms with E-state index in [0.29, 0.717) is 27.0 Å². The number of rotatable bonds is 6. The standard InChI is InChI=1S/C19H19Cl2N5O3.ClH/c1-11-10-26-8-4-7-14(17(26)24-11)29-18(16-12(20)5-3-6-13(16)21)25-15(27)9-23-19(28)22-2;/h3-8,10,18H,9H2,1-2H3,(H,25,27)(H2,22,23,28);1H. The molecule has 0 bridgehead atoms. The number of aryl methyl sites for hydroxylation is 1. The maximum atomic E-state index is 12.4. The number of fused-ring (bicyclic) bond motifs is 1. The van der Waals surface area contributed by atoms with E-state index in [0.717, 1.165) is 5.69 Å². The van der Waals surface area contributed by atoms with Gasteiger partial charge in [0.2, 0.25) is 12.1 Å². The number of aromatic nitrogens is 2. The third kappa shape index (κ3) is 5.47. The molecule has 3 N–H and O–H groups in total. The van der Waals surface area contributed by atoms with Gasteiger partial charge in [-0.2, -0.15) is 0 Å². The number of halogens is 3. The normalized spacial score (nSPS) is 11.3. The van der Waals surface area contributed by atoms with Gasteiger partial charge >= 0.3 is 6.03 Å². The van der Waals surface area contributed by atoms with Crippen LogP contribution < -0.4 is 20.7 Å². The summed E-state index contributed by atoms with van der Waals surface area (Å²) in [6.07, 6.45) is 2.69. The molecule has 30 heavy (non-hydrogen) atoms. The third-order valence-electron chi connectivity index (χ3n) is 4.00. The van der Waals surface area contributed by atoms with Crippen LogP contribution in [0.4, 0.5) is 4.79 Å². The van der Waals surface area contributed by atoms with Crippen LogP contribution in [0.2, 0.25) is 10.0 Å². The van der Waals surface area contributed by atoms with Crippen molar-refractivity contribution in [2.24, 2.45) is 0 Å². The van der Waals surface area contributed by atoms with Gasteiger partial charge in [-0.3, -0.25) is 4.79 Å². The minimum atomic E-state index is -1.00.